The van der Waals surface area contributed by atoms with Gasteiger partial charge in [0.15, 0.2) is 0 Å². The van der Waals surface area contributed by atoms with Crippen molar-refractivity contribution in [3.05, 3.63) is 41.5 Å². The molecule has 15 heavy (non-hydrogen) atoms. The number of ether oxygens (including phenoxy) is 1. The van der Waals surface area contributed by atoms with Crippen molar-refractivity contribution in [1.82, 2.24) is 0 Å². The maximum atomic E-state index is 10.5. The van der Waals surface area contributed by atoms with Gasteiger partial charge in [-0.25, -0.2) is 4.79 Å². The second-order valence-electron chi connectivity index (χ2n) is 3.26. The van der Waals surface area contributed by atoms with Gasteiger partial charge in [0, 0.05) is 13.2 Å². The van der Waals surface area contributed by atoms with E-state index in [1.54, 1.807) is 14.0 Å². The fourth-order valence-corrected chi connectivity index (χ4v) is 1.45. The van der Waals surface area contributed by atoms with Crippen LogP contribution in [0.3, 0.4) is 0 Å². The largest absolute Gasteiger partial charge is 0.478 e. The Morgan fingerprint density at radius 2 is 2.13 bits per heavy atom. The van der Waals surface area contributed by atoms with E-state index in [2.05, 4.69) is 0 Å². The number of benzene rings is 1. The van der Waals surface area contributed by atoms with Crippen molar-refractivity contribution in [1.29, 1.82) is 0 Å². The summed E-state index contributed by atoms with van der Waals surface area (Å²) in [4.78, 5) is 10.5. The zero-order valence-corrected chi connectivity index (χ0v) is 8.86. The number of hydrogen-bond acceptors (Lipinski definition) is 2. The molecule has 0 aliphatic heterocycles. The summed E-state index contributed by atoms with van der Waals surface area (Å²) in [5.41, 5.74) is 2.65. The quantitative estimate of drug-likeness (QED) is 0.769. The van der Waals surface area contributed by atoms with Crippen LogP contribution in [0.25, 0.3) is 5.57 Å². The fourth-order valence-electron chi connectivity index (χ4n) is 1.45. The van der Waals surface area contributed by atoms with Crippen LogP contribution >= 0.6 is 0 Å². The standard InChI is InChI=1S/C12H14O3/c1-9(7-12(13)14)11-6-4-3-5-10(11)8-15-2/h3-7H,8H2,1-2H3,(H,13,14). The van der Waals surface area contributed by atoms with Crippen molar-refractivity contribution in [3.63, 3.8) is 0 Å². The fraction of sp³-hybridized carbons (Fsp3) is 0.250. The molecule has 0 aromatic heterocycles. The van der Waals surface area contributed by atoms with Crippen molar-refractivity contribution >= 4 is 11.5 Å². The highest BCUT2D eigenvalue weighted by Crippen LogP contribution is 2.19. The van der Waals surface area contributed by atoms with Crippen molar-refractivity contribution in [2.45, 2.75) is 13.5 Å². The first-order valence-electron chi connectivity index (χ1n) is 4.63. The highest BCUT2D eigenvalue weighted by Gasteiger charge is 2.04. The molecule has 0 unspecified atom stereocenters. The van der Waals surface area contributed by atoms with Crippen molar-refractivity contribution < 1.29 is 14.6 Å². The number of hydrogen-bond donors (Lipinski definition) is 1. The molecule has 1 N–H and O–H groups in total. The highest BCUT2D eigenvalue weighted by molar-refractivity contribution is 5.89. The van der Waals surface area contributed by atoms with Gasteiger partial charge < -0.3 is 9.84 Å². The molecular formula is C12H14O3. The second-order valence-corrected chi connectivity index (χ2v) is 3.26. The number of methoxy groups -OCH3 is 1. The predicted octanol–water partition coefficient (Wildman–Crippen LogP) is 2.32. The molecule has 0 saturated heterocycles. The van der Waals surface area contributed by atoms with Gasteiger partial charge in [0.1, 0.15) is 0 Å². The maximum absolute atomic E-state index is 10.5. The van der Waals surface area contributed by atoms with E-state index in [0.717, 1.165) is 16.7 Å². The van der Waals surface area contributed by atoms with E-state index in [0.29, 0.717) is 6.61 Å². The summed E-state index contributed by atoms with van der Waals surface area (Å²) in [7, 11) is 1.62. The minimum Gasteiger partial charge on any atom is -0.478 e. The number of rotatable bonds is 4. The number of carbonyl (C=O) groups is 1. The summed E-state index contributed by atoms with van der Waals surface area (Å²) in [5, 5.41) is 8.66. The van der Waals surface area contributed by atoms with Crippen LogP contribution in [-0.4, -0.2) is 18.2 Å². The summed E-state index contributed by atoms with van der Waals surface area (Å²) in [6.07, 6.45) is 1.20. The minimum absolute atomic E-state index is 0.487. The van der Waals surface area contributed by atoms with Gasteiger partial charge in [-0.1, -0.05) is 24.3 Å². The summed E-state index contributed by atoms with van der Waals surface area (Å²) < 4.78 is 5.05. The Balaban J connectivity index is 3.07. The molecule has 0 atom stereocenters. The molecule has 0 spiro atoms. The molecule has 3 nitrogen and oxygen atoms in total. The van der Waals surface area contributed by atoms with Crippen molar-refractivity contribution in [2.75, 3.05) is 7.11 Å². The minimum atomic E-state index is -0.931. The highest BCUT2D eigenvalue weighted by atomic mass is 16.5. The number of allylic oxidation sites excluding steroid dienone is 1. The molecule has 1 aromatic carbocycles. The van der Waals surface area contributed by atoms with Gasteiger partial charge in [-0.2, -0.15) is 0 Å². The molecule has 0 bridgehead atoms. The average Bonchev–Trinajstić information content (AvgIpc) is 2.18. The Labute approximate surface area is 89.0 Å². The molecule has 1 aromatic rings. The monoisotopic (exact) mass is 206 g/mol. The van der Waals surface area contributed by atoms with Crippen LogP contribution in [0.15, 0.2) is 30.3 Å². The summed E-state index contributed by atoms with van der Waals surface area (Å²) in [5.74, 6) is -0.931. The Kier molecular flexibility index (Phi) is 4.06. The Morgan fingerprint density at radius 3 is 2.73 bits per heavy atom. The van der Waals surface area contributed by atoms with Gasteiger partial charge in [0.25, 0.3) is 0 Å². The van der Waals surface area contributed by atoms with Crippen molar-refractivity contribution in [3.8, 4) is 0 Å². The smallest absolute Gasteiger partial charge is 0.328 e. The lowest BCUT2D eigenvalue weighted by Crippen LogP contribution is -1.96. The van der Waals surface area contributed by atoms with Gasteiger partial charge in [-0.15, -0.1) is 0 Å². The van der Waals surface area contributed by atoms with Gasteiger partial charge in [0.2, 0.25) is 0 Å². The normalized spacial score (nSPS) is 11.5. The van der Waals surface area contributed by atoms with E-state index < -0.39 is 5.97 Å². The topological polar surface area (TPSA) is 46.5 Å². The lowest BCUT2D eigenvalue weighted by molar-refractivity contribution is -0.131. The maximum Gasteiger partial charge on any atom is 0.328 e. The van der Waals surface area contributed by atoms with E-state index in [4.69, 9.17) is 9.84 Å². The van der Waals surface area contributed by atoms with Gasteiger partial charge >= 0.3 is 5.97 Å². The molecule has 0 saturated carbocycles. The first-order valence-corrected chi connectivity index (χ1v) is 4.63. The molecule has 0 radical (unpaired) electrons. The zero-order valence-electron chi connectivity index (χ0n) is 8.86. The van der Waals surface area contributed by atoms with E-state index in [1.807, 2.05) is 24.3 Å². The van der Waals surface area contributed by atoms with Crippen LogP contribution in [0, 0.1) is 0 Å². The van der Waals surface area contributed by atoms with Crippen LogP contribution in [-0.2, 0) is 16.1 Å². The molecule has 80 valence electrons. The molecule has 0 aliphatic carbocycles. The van der Waals surface area contributed by atoms with E-state index >= 15 is 0 Å². The summed E-state index contributed by atoms with van der Waals surface area (Å²) in [6.45, 7) is 2.27. The van der Waals surface area contributed by atoms with Crippen molar-refractivity contribution in [2.24, 2.45) is 0 Å². The number of carboxylic acid groups (broad SMARTS) is 1. The van der Waals surface area contributed by atoms with Crippen LogP contribution in [0.4, 0.5) is 0 Å². The Morgan fingerprint density at radius 1 is 1.47 bits per heavy atom. The third kappa shape index (κ3) is 3.22. The summed E-state index contributed by atoms with van der Waals surface area (Å²) >= 11 is 0. The molecule has 3 heteroatoms. The SMILES string of the molecule is COCc1ccccc1C(C)=CC(=O)O. The molecule has 0 fully saturated rings. The lowest BCUT2D eigenvalue weighted by Gasteiger charge is -2.08. The summed E-state index contributed by atoms with van der Waals surface area (Å²) in [6, 6.07) is 7.61. The van der Waals surface area contributed by atoms with Crippen LogP contribution in [0.5, 0.6) is 0 Å². The molecule has 1 rings (SSSR count). The van der Waals surface area contributed by atoms with Gasteiger partial charge in [-0.05, 0) is 23.6 Å². The average molecular weight is 206 g/mol. The third-order valence-electron chi connectivity index (χ3n) is 2.08. The van der Waals surface area contributed by atoms with E-state index in [9.17, 15) is 4.79 Å². The molecule has 0 aliphatic rings. The molecule has 0 heterocycles. The van der Waals surface area contributed by atoms with E-state index in [1.165, 1.54) is 6.08 Å². The first-order chi connectivity index (χ1) is 7.15. The molecule has 0 amide bonds. The Bertz CT molecular complexity index is 380. The van der Waals surface area contributed by atoms with E-state index in [-0.39, 0.29) is 0 Å². The predicted molar refractivity (Wildman–Crippen MR) is 58.4 cm³/mol. The van der Waals surface area contributed by atoms with Crippen LogP contribution in [0.1, 0.15) is 18.1 Å². The van der Waals surface area contributed by atoms with Gasteiger partial charge in [-0.3, -0.25) is 0 Å². The lowest BCUT2D eigenvalue weighted by atomic mass is 10.0. The van der Waals surface area contributed by atoms with Gasteiger partial charge in [0.05, 0.1) is 6.61 Å². The Hall–Kier alpha value is -1.61. The number of aliphatic carboxylic acids is 1. The first kappa shape index (κ1) is 11.5. The van der Waals surface area contributed by atoms with Crippen LogP contribution < -0.4 is 0 Å². The third-order valence-corrected chi connectivity index (χ3v) is 2.08. The van der Waals surface area contributed by atoms with Crippen LogP contribution in [0.2, 0.25) is 0 Å². The second kappa shape index (κ2) is 5.32. The zero-order chi connectivity index (χ0) is 11.3. The molecular weight excluding hydrogens is 192 g/mol. The number of carboxylic acids is 1.